The fourth-order valence-electron chi connectivity index (χ4n) is 1.89. The van der Waals surface area contributed by atoms with Crippen molar-refractivity contribution in [2.24, 2.45) is 0 Å². The molecule has 0 fully saturated rings. The molecule has 0 bridgehead atoms. The number of carbonyl (C=O) groups is 3. The highest BCUT2D eigenvalue weighted by Gasteiger charge is 2.18. The number of nitrogens with zero attached hydrogens (tertiary/aromatic N) is 2. The van der Waals surface area contributed by atoms with Crippen molar-refractivity contribution in [2.45, 2.75) is 33.3 Å². The first-order chi connectivity index (χ1) is 11.7. The van der Waals surface area contributed by atoms with Gasteiger partial charge in [0.1, 0.15) is 11.1 Å². The second kappa shape index (κ2) is 7.12. The van der Waals surface area contributed by atoms with Crippen molar-refractivity contribution < 1.29 is 19.1 Å². The average Bonchev–Trinajstić information content (AvgIpc) is 2.50. The van der Waals surface area contributed by atoms with Gasteiger partial charge in [-0.2, -0.15) is 0 Å². The van der Waals surface area contributed by atoms with Crippen molar-refractivity contribution in [2.75, 3.05) is 5.32 Å². The lowest BCUT2D eigenvalue weighted by molar-refractivity contribution is -0.119. The van der Waals surface area contributed by atoms with Crippen molar-refractivity contribution in [1.29, 1.82) is 0 Å². The highest BCUT2D eigenvalue weighted by Crippen LogP contribution is 2.20. The summed E-state index contributed by atoms with van der Waals surface area (Å²) in [5, 5.41) is 3.13. The summed E-state index contributed by atoms with van der Waals surface area (Å²) in [6, 6.07) is 3.22. The van der Waals surface area contributed by atoms with E-state index in [0.29, 0.717) is 10.9 Å². The summed E-state index contributed by atoms with van der Waals surface area (Å²) < 4.78 is 5.18. The first-order valence-electron chi connectivity index (χ1n) is 7.47. The molecule has 0 aliphatic rings. The topological polar surface area (TPSA) is 122 Å². The summed E-state index contributed by atoms with van der Waals surface area (Å²) in [7, 11) is 0. The highest BCUT2D eigenvalue weighted by atomic mass is 16.6. The van der Waals surface area contributed by atoms with Crippen LogP contribution in [-0.2, 0) is 9.53 Å². The van der Waals surface area contributed by atoms with Gasteiger partial charge in [-0.05, 0) is 32.9 Å². The number of carbonyl (C=O) groups excluding carboxylic acids is 3. The fraction of sp³-hybridized carbons (Fsp3) is 0.312. The lowest BCUT2D eigenvalue weighted by Gasteiger charge is -2.19. The van der Waals surface area contributed by atoms with Gasteiger partial charge in [-0.3, -0.25) is 30.7 Å². The summed E-state index contributed by atoms with van der Waals surface area (Å²) in [5.41, 5.74) is 4.46. The van der Waals surface area contributed by atoms with Gasteiger partial charge in [-0.1, -0.05) is 0 Å². The number of ether oxygens (including phenoxy) is 1. The van der Waals surface area contributed by atoms with E-state index in [4.69, 9.17) is 4.74 Å². The van der Waals surface area contributed by atoms with Gasteiger partial charge in [0.05, 0.1) is 5.56 Å². The normalized spacial score (nSPS) is 10.9. The third-order valence-electron chi connectivity index (χ3n) is 2.83. The summed E-state index contributed by atoms with van der Waals surface area (Å²) in [6.07, 6.45) is 2.15. The van der Waals surface area contributed by atoms with E-state index in [9.17, 15) is 14.4 Å². The Morgan fingerprint density at radius 1 is 1.12 bits per heavy atom. The van der Waals surface area contributed by atoms with Gasteiger partial charge >= 0.3 is 6.09 Å². The Bertz CT molecular complexity index is 829. The summed E-state index contributed by atoms with van der Waals surface area (Å²) >= 11 is 0. The van der Waals surface area contributed by atoms with Crippen LogP contribution in [0.3, 0.4) is 0 Å². The van der Waals surface area contributed by atoms with Crippen LogP contribution in [0.4, 0.5) is 10.6 Å². The molecule has 2 rings (SSSR count). The van der Waals surface area contributed by atoms with E-state index in [1.807, 2.05) is 0 Å². The van der Waals surface area contributed by atoms with Crippen molar-refractivity contribution in [3.8, 4) is 0 Å². The zero-order valence-electron chi connectivity index (χ0n) is 14.3. The molecule has 25 heavy (non-hydrogen) atoms. The standard InChI is InChI=1S/C16H19N5O4/c1-9(22)20-21-14(23)11-7-10-5-6-17-13(12(10)18-8-11)19-15(24)25-16(2,3)4/h5-8H,1-4H3,(H,20,22)(H,21,23)(H,17,19,24). The summed E-state index contributed by atoms with van der Waals surface area (Å²) in [5.74, 6) is -0.682. The van der Waals surface area contributed by atoms with Gasteiger partial charge in [0.15, 0.2) is 5.82 Å². The Hall–Kier alpha value is -3.23. The Morgan fingerprint density at radius 3 is 2.48 bits per heavy atom. The van der Waals surface area contributed by atoms with Crippen LogP contribution < -0.4 is 16.2 Å². The number of hydrogen-bond donors (Lipinski definition) is 3. The molecule has 9 nitrogen and oxygen atoms in total. The molecule has 0 spiro atoms. The van der Waals surface area contributed by atoms with Crippen LogP contribution in [0.5, 0.6) is 0 Å². The Morgan fingerprint density at radius 2 is 1.84 bits per heavy atom. The molecular formula is C16H19N5O4. The molecule has 0 aliphatic carbocycles. The smallest absolute Gasteiger partial charge is 0.413 e. The molecular weight excluding hydrogens is 326 g/mol. The number of amides is 3. The van der Waals surface area contributed by atoms with E-state index < -0.39 is 23.5 Å². The number of hydrogen-bond acceptors (Lipinski definition) is 6. The van der Waals surface area contributed by atoms with Crippen molar-refractivity contribution in [3.05, 3.63) is 30.1 Å². The van der Waals surface area contributed by atoms with E-state index in [-0.39, 0.29) is 11.4 Å². The number of aromatic nitrogens is 2. The van der Waals surface area contributed by atoms with Crippen LogP contribution in [0.15, 0.2) is 24.5 Å². The van der Waals surface area contributed by atoms with Gasteiger partial charge in [0.2, 0.25) is 5.91 Å². The lowest BCUT2D eigenvalue weighted by atomic mass is 10.2. The first kappa shape index (κ1) is 18.1. The Labute approximate surface area is 144 Å². The molecule has 2 aromatic rings. The molecule has 2 aromatic heterocycles. The van der Waals surface area contributed by atoms with Gasteiger partial charge in [-0.15, -0.1) is 0 Å². The second-order valence-electron chi connectivity index (χ2n) is 6.22. The maximum Gasteiger partial charge on any atom is 0.413 e. The molecule has 132 valence electrons. The third-order valence-corrected chi connectivity index (χ3v) is 2.83. The molecule has 0 saturated heterocycles. The predicted octanol–water partition coefficient (Wildman–Crippen LogP) is 1.76. The molecule has 9 heteroatoms. The molecule has 3 N–H and O–H groups in total. The van der Waals surface area contributed by atoms with E-state index in [2.05, 4.69) is 26.1 Å². The number of hydrazine groups is 1. The largest absolute Gasteiger partial charge is 0.444 e. The molecule has 0 unspecified atom stereocenters. The molecule has 0 aliphatic heterocycles. The van der Waals surface area contributed by atoms with E-state index in [1.54, 1.807) is 32.9 Å². The molecule has 0 radical (unpaired) electrons. The van der Waals surface area contributed by atoms with Gasteiger partial charge in [-0.25, -0.2) is 9.78 Å². The van der Waals surface area contributed by atoms with Crippen LogP contribution in [0.25, 0.3) is 10.9 Å². The molecule has 2 heterocycles. The molecule has 0 saturated carbocycles. The lowest BCUT2D eigenvalue weighted by Crippen LogP contribution is -2.40. The van der Waals surface area contributed by atoms with Crippen molar-refractivity contribution in [1.82, 2.24) is 20.8 Å². The van der Waals surface area contributed by atoms with E-state index >= 15 is 0 Å². The van der Waals surface area contributed by atoms with Crippen molar-refractivity contribution >= 4 is 34.6 Å². The quantitative estimate of drug-likeness (QED) is 0.713. The van der Waals surface area contributed by atoms with Gasteiger partial charge < -0.3 is 4.74 Å². The first-order valence-corrected chi connectivity index (χ1v) is 7.47. The molecule has 0 atom stereocenters. The van der Waals surface area contributed by atoms with Crippen LogP contribution >= 0.6 is 0 Å². The fourth-order valence-corrected chi connectivity index (χ4v) is 1.89. The number of nitrogens with one attached hydrogen (secondary N) is 3. The van der Waals surface area contributed by atoms with E-state index in [0.717, 1.165) is 0 Å². The SMILES string of the molecule is CC(=O)NNC(=O)c1cnc2c(NC(=O)OC(C)(C)C)nccc2c1. The van der Waals surface area contributed by atoms with Gasteiger partial charge in [0, 0.05) is 24.7 Å². The molecule has 3 amide bonds. The highest BCUT2D eigenvalue weighted by molar-refractivity contribution is 6.01. The van der Waals surface area contributed by atoms with Crippen molar-refractivity contribution in [3.63, 3.8) is 0 Å². The minimum atomic E-state index is -0.651. The second-order valence-corrected chi connectivity index (χ2v) is 6.22. The number of rotatable bonds is 2. The minimum absolute atomic E-state index is 0.223. The van der Waals surface area contributed by atoms with Crippen LogP contribution in [0, 0.1) is 0 Å². The predicted molar refractivity (Wildman–Crippen MR) is 90.7 cm³/mol. The van der Waals surface area contributed by atoms with Gasteiger partial charge in [0.25, 0.3) is 5.91 Å². The maximum atomic E-state index is 11.9. The summed E-state index contributed by atoms with van der Waals surface area (Å²) in [6.45, 7) is 6.53. The van der Waals surface area contributed by atoms with Crippen LogP contribution in [-0.4, -0.2) is 33.5 Å². The minimum Gasteiger partial charge on any atom is -0.444 e. The Balaban J connectivity index is 2.23. The zero-order valence-corrected chi connectivity index (χ0v) is 14.3. The monoisotopic (exact) mass is 345 g/mol. The van der Waals surface area contributed by atoms with Crippen LogP contribution in [0.1, 0.15) is 38.1 Å². The van der Waals surface area contributed by atoms with E-state index in [1.165, 1.54) is 19.3 Å². The Kier molecular flexibility index (Phi) is 5.16. The number of anilines is 1. The average molecular weight is 345 g/mol. The number of pyridine rings is 2. The van der Waals surface area contributed by atoms with Crippen LogP contribution in [0.2, 0.25) is 0 Å². The maximum absolute atomic E-state index is 11.9. The molecule has 0 aromatic carbocycles. The summed E-state index contributed by atoms with van der Waals surface area (Å²) in [4.78, 5) is 42.9. The number of fused-ring (bicyclic) bond motifs is 1. The third kappa shape index (κ3) is 5.13. The zero-order chi connectivity index (χ0) is 18.6.